The zero-order valence-corrected chi connectivity index (χ0v) is 9.44. The standard InChI is InChI=1S/C11H9BrS/c12-8-11-10-6-2-1-4-9(10)5-3-7-13-11/h1-7H,8H2. The number of allylic oxidation sites excluding steroid dienone is 1. The van der Waals surface area contributed by atoms with E-state index in [0.717, 1.165) is 5.33 Å². The molecule has 0 spiro atoms. The molecule has 0 atom stereocenters. The molecule has 2 rings (SSSR count). The van der Waals surface area contributed by atoms with Crippen molar-refractivity contribution in [2.45, 2.75) is 0 Å². The average Bonchev–Trinajstić information content (AvgIpc) is 2.39. The van der Waals surface area contributed by atoms with E-state index in [2.05, 4.69) is 57.8 Å². The minimum Gasteiger partial charge on any atom is -0.101 e. The zero-order valence-electron chi connectivity index (χ0n) is 7.03. The monoisotopic (exact) mass is 252 g/mol. The van der Waals surface area contributed by atoms with Crippen molar-refractivity contribution in [2.75, 3.05) is 5.33 Å². The summed E-state index contributed by atoms with van der Waals surface area (Å²) >= 11 is 5.29. The Morgan fingerprint density at radius 3 is 2.92 bits per heavy atom. The molecule has 0 nitrogen and oxygen atoms in total. The van der Waals surface area contributed by atoms with Gasteiger partial charge in [0.1, 0.15) is 0 Å². The molecule has 0 N–H and O–H groups in total. The van der Waals surface area contributed by atoms with Gasteiger partial charge in [-0.05, 0) is 15.8 Å². The zero-order chi connectivity index (χ0) is 9.10. The first-order valence-electron chi connectivity index (χ1n) is 4.09. The van der Waals surface area contributed by atoms with Crippen LogP contribution in [-0.2, 0) is 0 Å². The highest BCUT2D eigenvalue weighted by Gasteiger charge is 1.98. The number of halogens is 1. The van der Waals surface area contributed by atoms with Gasteiger partial charge in [-0.1, -0.05) is 52.3 Å². The fraction of sp³-hybridized carbons (Fsp3) is 0.0909. The number of rotatable bonds is 1. The largest absolute Gasteiger partial charge is 0.101 e. The van der Waals surface area contributed by atoms with Crippen LogP contribution in [0.1, 0.15) is 0 Å². The second kappa shape index (κ2) is 4.16. The number of alkyl halides is 1. The fourth-order valence-corrected chi connectivity index (χ4v) is 2.72. The van der Waals surface area contributed by atoms with E-state index in [1.54, 1.807) is 11.8 Å². The minimum absolute atomic E-state index is 0.923. The maximum absolute atomic E-state index is 3.51. The average molecular weight is 253 g/mol. The van der Waals surface area contributed by atoms with Crippen LogP contribution in [0.2, 0.25) is 0 Å². The highest BCUT2D eigenvalue weighted by atomic mass is 79.9. The molecular weight excluding hydrogens is 244 g/mol. The lowest BCUT2D eigenvalue weighted by Crippen LogP contribution is -2.25. The first-order chi connectivity index (χ1) is 6.42. The molecule has 0 unspecified atom stereocenters. The van der Waals surface area contributed by atoms with Crippen LogP contribution in [-0.4, -0.2) is 5.33 Å². The van der Waals surface area contributed by atoms with Gasteiger partial charge in [0.15, 0.2) is 0 Å². The van der Waals surface area contributed by atoms with Crippen LogP contribution in [0.5, 0.6) is 0 Å². The van der Waals surface area contributed by atoms with Gasteiger partial charge in [0.2, 0.25) is 0 Å². The van der Waals surface area contributed by atoms with Gasteiger partial charge in [-0.15, -0.1) is 11.8 Å². The maximum Gasteiger partial charge on any atom is 0.0352 e. The van der Waals surface area contributed by atoms with E-state index in [1.807, 2.05) is 0 Å². The molecule has 2 heteroatoms. The third-order valence-electron chi connectivity index (χ3n) is 1.95. The van der Waals surface area contributed by atoms with Gasteiger partial charge in [0.25, 0.3) is 0 Å². The molecule has 0 bridgehead atoms. The van der Waals surface area contributed by atoms with E-state index in [4.69, 9.17) is 0 Å². The Kier molecular flexibility index (Phi) is 2.91. The molecule has 0 saturated carbocycles. The molecule has 0 amide bonds. The predicted molar refractivity (Wildman–Crippen MR) is 64.1 cm³/mol. The Morgan fingerprint density at radius 2 is 2.08 bits per heavy atom. The molecule has 0 radical (unpaired) electrons. The summed E-state index contributed by atoms with van der Waals surface area (Å²) in [6.45, 7) is 0. The van der Waals surface area contributed by atoms with Crippen molar-refractivity contribution in [1.82, 2.24) is 0 Å². The van der Waals surface area contributed by atoms with Gasteiger partial charge < -0.3 is 0 Å². The summed E-state index contributed by atoms with van der Waals surface area (Å²) in [5.74, 6) is 0. The van der Waals surface area contributed by atoms with Crippen molar-refractivity contribution in [3.8, 4) is 0 Å². The smallest absolute Gasteiger partial charge is 0.0352 e. The summed E-state index contributed by atoms with van der Waals surface area (Å²) in [6, 6.07) is 8.48. The van der Waals surface area contributed by atoms with E-state index < -0.39 is 0 Å². The Bertz CT molecular complexity index is 445. The van der Waals surface area contributed by atoms with Crippen molar-refractivity contribution in [3.63, 3.8) is 0 Å². The quantitative estimate of drug-likeness (QED) is 0.692. The molecule has 0 fully saturated rings. The Morgan fingerprint density at radius 1 is 1.23 bits per heavy atom. The third kappa shape index (κ3) is 1.89. The summed E-state index contributed by atoms with van der Waals surface area (Å²) in [5, 5.41) is 5.69. The second-order valence-electron chi connectivity index (χ2n) is 2.76. The molecule has 1 aromatic rings. The van der Waals surface area contributed by atoms with Crippen molar-refractivity contribution in [2.24, 2.45) is 0 Å². The van der Waals surface area contributed by atoms with Crippen molar-refractivity contribution in [3.05, 3.63) is 46.2 Å². The van der Waals surface area contributed by atoms with Gasteiger partial charge in [0.05, 0.1) is 0 Å². The first kappa shape index (κ1) is 9.10. The van der Waals surface area contributed by atoms with Crippen LogP contribution in [0.4, 0.5) is 0 Å². The predicted octanol–water partition coefficient (Wildman–Crippen LogP) is 2.23. The molecule has 66 valence electrons. The van der Waals surface area contributed by atoms with E-state index in [-0.39, 0.29) is 0 Å². The van der Waals surface area contributed by atoms with Crippen LogP contribution < -0.4 is 10.4 Å². The van der Waals surface area contributed by atoms with E-state index in [1.165, 1.54) is 15.3 Å². The molecule has 13 heavy (non-hydrogen) atoms. The molecule has 1 aromatic carbocycles. The Hall–Kier alpha value is -0.470. The Labute approximate surface area is 90.2 Å². The summed E-state index contributed by atoms with van der Waals surface area (Å²) in [7, 11) is 0. The number of hydrogen-bond donors (Lipinski definition) is 0. The van der Waals surface area contributed by atoms with Crippen LogP contribution in [0.15, 0.2) is 35.7 Å². The van der Waals surface area contributed by atoms with E-state index >= 15 is 0 Å². The number of thioether (sulfide) groups is 1. The second-order valence-corrected chi connectivity index (χ2v) is 4.32. The van der Waals surface area contributed by atoms with Crippen LogP contribution in [0.25, 0.3) is 11.0 Å². The molecule has 1 heterocycles. The molecular formula is C11H9BrS. The van der Waals surface area contributed by atoms with E-state index in [9.17, 15) is 0 Å². The highest BCUT2D eigenvalue weighted by Crippen LogP contribution is 2.19. The van der Waals surface area contributed by atoms with Gasteiger partial charge in [-0.3, -0.25) is 0 Å². The summed E-state index contributed by atoms with van der Waals surface area (Å²) < 4.78 is 0. The van der Waals surface area contributed by atoms with Gasteiger partial charge >= 0.3 is 0 Å². The van der Waals surface area contributed by atoms with Crippen LogP contribution in [0, 0.1) is 0 Å². The van der Waals surface area contributed by atoms with Gasteiger partial charge in [-0.2, -0.15) is 0 Å². The van der Waals surface area contributed by atoms with E-state index in [0.29, 0.717) is 0 Å². The third-order valence-corrected chi connectivity index (χ3v) is 3.82. The minimum atomic E-state index is 0.923. The molecule has 1 aliphatic heterocycles. The molecule has 0 aliphatic carbocycles. The summed E-state index contributed by atoms with van der Waals surface area (Å²) in [5.41, 5.74) is 0. The summed E-state index contributed by atoms with van der Waals surface area (Å²) in [6.07, 6.45) is 4.25. The van der Waals surface area contributed by atoms with Crippen molar-refractivity contribution in [1.29, 1.82) is 0 Å². The normalized spacial score (nSPS) is 14.7. The fourth-order valence-electron chi connectivity index (χ4n) is 1.33. The maximum atomic E-state index is 3.51. The van der Waals surface area contributed by atoms with Gasteiger partial charge in [-0.25, -0.2) is 0 Å². The van der Waals surface area contributed by atoms with Gasteiger partial charge in [0, 0.05) is 10.2 Å². The number of hydrogen-bond acceptors (Lipinski definition) is 1. The SMILES string of the molecule is BrCC1=c2ccccc2=CC=CS1. The molecule has 0 saturated heterocycles. The lowest BCUT2D eigenvalue weighted by Gasteiger charge is -1.97. The van der Waals surface area contributed by atoms with Crippen LogP contribution in [0.3, 0.4) is 0 Å². The van der Waals surface area contributed by atoms with Crippen LogP contribution >= 0.6 is 27.7 Å². The number of fused-ring (bicyclic) bond motifs is 1. The van der Waals surface area contributed by atoms with Crippen molar-refractivity contribution >= 4 is 38.7 Å². The highest BCUT2D eigenvalue weighted by molar-refractivity contribution is 9.09. The topological polar surface area (TPSA) is 0 Å². The molecule has 1 aliphatic rings. The Balaban J connectivity index is 2.80. The van der Waals surface area contributed by atoms with Crippen molar-refractivity contribution < 1.29 is 0 Å². The molecule has 0 aromatic heterocycles. The lowest BCUT2D eigenvalue weighted by molar-refractivity contribution is 1.51. The summed E-state index contributed by atoms with van der Waals surface area (Å²) in [4.78, 5) is 1.38. The lowest BCUT2D eigenvalue weighted by atomic mass is 10.2. The number of benzene rings is 1. The first-order valence-corrected chi connectivity index (χ1v) is 6.09.